The van der Waals surface area contributed by atoms with Crippen LogP contribution in [0.2, 0.25) is 0 Å². The predicted molar refractivity (Wildman–Crippen MR) is 50.3 cm³/mol. The lowest BCUT2D eigenvalue weighted by atomic mass is 10.2. The number of rotatable bonds is 1. The highest BCUT2D eigenvalue weighted by Gasteiger charge is 2.17. The van der Waals surface area contributed by atoms with Crippen LogP contribution in [0.5, 0.6) is 0 Å². The second kappa shape index (κ2) is 3.18. The molecule has 1 aromatic rings. The van der Waals surface area contributed by atoms with E-state index in [2.05, 4.69) is 0 Å². The molecule has 0 radical (unpaired) electrons. The topological polar surface area (TPSA) is 84.0 Å². The standard InChI is InChI=1S/C8H10N2O2S/c1-6-2-4-7(5-3-6)13(11,12)8(9)10/h2-5H,1H3,(H3,9,10). The molecule has 70 valence electrons. The van der Waals surface area contributed by atoms with Crippen LogP contribution in [-0.4, -0.2) is 13.6 Å². The van der Waals surface area contributed by atoms with Crippen molar-refractivity contribution in [2.45, 2.75) is 11.8 Å². The zero-order valence-corrected chi connectivity index (χ0v) is 7.93. The van der Waals surface area contributed by atoms with Gasteiger partial charge in [-0.05, 0) is 19.1 Å². The van der Waals surface area contributed by atoms with Crippen LogP contribution in [0.25, 0.3) is 0 Å². The number of amidine groups is 1. The van der Waals surface area contributed by atoms with Crippen LogP contribution in [0.4, 0.5) is 0 Å². The average molecular weight is 198 g/mol. The van der Waals surface area contributed by atoms with Crippen molar-refractivity contribution in [3.05, 3.63) is 29.8 Å². The Morgan fingerprint density at radius 2 is 1.77 bits per heavy atom. The molecule has 0 aliphatic rings. The largest absolute Gasteiger partial charge is 0.374 e. The number of hydrogen-bond acceptors (Lipinski definition) is 3. The van der Waals surface area contributed by atoms with Crippen molar-refractivity contribution in [1.29, 1.82) is 5.41 Å². The van der Waals surface area contributed by atoms with Crippen LogP contribution >= 0.6 is 0 Å². The minimum atomic E-state index is -3.73. The fourth-order valence-electron chi connectivity index (χ4n) is 0.844. The van der Waals surface area contributed by atoms with Crippen molar-refractivity contribution < 1.29 is 8.42 Å². The first kappa shape index (κ1) is 9.73. The van der Waals surface area contributed by atoms with E-state index in [9.17, 15) is 8.42 Å². The maximum absolute atomic E-state index is 11.3. The SMILES string of the molecule is Cc1ccc(S(=O)(=O)C(=N)N)cc1. The molecule has 0 fully saturated rings. The summed E-state index contributed by atoms with van der Waals surface area (Å²) in [6.07, 6.45) is 0. The van der Waals surface area contributed by atoms with E-state index in [1.54, 1.807) is 12.1 Å². The minimum absolute atomic E-state index is 0.0607. The summed E-state index contributed by atoms with van der Waals surface area (Å²) in [4.78, 5) is 0.0607. The van der Waals surface area contributed by atoms with Crippen molar-refractivity contribution in [2.24, 2.45) is 5.73 Å². The van der Waals surface area contributed by atoms with Crippen molar-refractivity contribution in [3.63, 3.8) is 0 Å². The quantitative estimate of drug-likeness (QED) is 0.513. The first-order valence-corrected chi connectivity index (χ1v) is 5.08. The number of aryl methyl sites for hydroxylation is 1. The van der Waals surface area contributed by atoms with E-state index in [0.717, 1.165) is 5.56 Å². The summed E-state index contributed by atoms with van der Waals surface area (Å²) < 4.78 is 22.6. The summed E-state index contributed by atoms with van der Waals surface area (Å²) in [5, 5.41) is 6.06. The van der Waals surface area contributed by atoms with Gasteiger partial charge in [0.1, 0.15) is 0 Å². The van der Waals surface area contributed by atoms with Gasteiger partial charge in [0.15, 0.2) is 0 Å². The molecular weight excluding hydrogens is 188 g/mol. The molecule has 0 aliphatic heterocycles. The van der Waals surface area contributed by atoms with Gasteiger partial charge in [-0.2, -0.15) is 0 Å². The maximum atomic E-state index is 11.3. The molecule has 0 unspecified atom stereocenters. The Bertz CT molecular complexity index is 420. The van der Waals surface area contributed by atoms with Gasteiger partial charge in [0, 0.05) is 0 Å². The Morgan fingerprint density at radius 3 is 2.15 bits per heavy atom. The highest BCUT2D eigenvalue weighted by Crippen LogP contribution is 2.11. The molecule has 0 aliphatic carbocycles. The van der Waals surface area contributed by atoms with E-state index < -0.39 is 15.0 Å². The first-order chi connectivity index (χ1) is 5.94. The lowest BCUT2D eigenvalue weighted by molar-refractivity contribution is 0.606. The van der Waals surface area contributed by atoms with E-state index in [0.29, 0.717) is 0 Å². The average Bonchev–Trinajstić information content (AvgIpc) is 2.04. The number of benzene rings is 1. The fourth-order valence-corrected chi connectivity index (χ4v) is 1.59. The Balaban J connectivity index is 3.25. The molecule has 4 nitrogen and oxygen atoms in total. The molecule has 0 amide bonds. The Morgan fingerprint density at radius 1 is 1.31 bits per heavy atom. The van der Waals surface area contributed by atoms with Gasteiger partial charge in [-0.1, -0.05) is 17.7 Å². The molecule has 0 saturated heterocycles. The normalized spacial score (nSPS) is 11.2. The first-order valence-electron chi connectivity index (χ1n) is 3.60. The second-order valence-corrected chi connectivity index (χ2v) is 4.60. The van der Waals surface area contributed by atoms with Gasteiger partial charge in [0.2, 0.25) is 15.0 Å². The van der Waals surface area contributed by atoms with Crippen molar-refractivity contribution in [1.82, 2.24) is 0 Å². The third-order valence-electron chi connectivity index (χ3n) is 1.62. The predicted octanol–water partition coefficient (Wildman–Crippen LogP) is 0.662. The summed E-state index contributed by atoms with van der Waals surface area (Å²) in [5.41, 5.74) is 5.90. The highest BCUT2D eigenvalue weighted by atomic mass is 32.2. The highest BCUT2D eigenvalue weighted by molar-refractivity contribution is 8.06. The number of hydrogen-bond donors (Lipinski definition) is 2. The monoisotopic (exact) mass is 198 g/mol. The van der Waals surface area contributed by atoms with Gasteiger partial charge < -0.3 is 5.73 Å². The van der Waals surface area contributed by atoms with E-state index in [4.69, 9.17) is 11.1 Å². The lowest BCUT2D eigenvalue weighted by Gasteiger charge is -2.01. The molecule has 0 saturated carbocycles. The zero-order valence-electron chi connectivity index (χ0n) is 7.11. The van der Waals surface area contributed by atoms with Crippen molar-refractivity contribution in [2.75, 3.05) is 0 Å². The van der Waals surface area contributed by atoms with Gasteiger partial charge in [-0.3, -0.25) is 5.41 Å². The van der Waals surface area contributed by atoms with Gasteiger partial charge in [-0.25, -0.2) is 8.42 Å². The van der Waals surface area contributed by atoms with Crippen LogP contribution in [0.1, 0.15) is 5.56 Å². The molecule has 3 N–H and O–H groups in total. The summed E-state index contributed by atoms with van der Waals surface area (Å²) in [6.45, 7) is 1.85. The zero-order chi connectivity index (χ0) is 10.1. The summed E-state index contributed by atoms with van der Waals surface area (Å²) >= 11 is 0. The number of sulfone groups is 1. The molecule has 0 spiro atoms. The summed E-state index contributed by atoms with van der Waals surface area (Å²) in [7, 11) is -3.73. The van der Waals surface area contributed by atoms with Gasteiger partial charge in [0.05, 0.1) is 4.90 Å². The van der Waals surface area contributed by atoms with Crippen LogP contribution < -0.4 is 5.73 Å². The molecule has 0 heterocycles. The van der Waals surface area contributed by atoms with Crippen molar-refractivity contribution in [3.8, 4) is 0 Å². The molecule has 0 bridgehead atoms. The molecule has 0 atom stereocenters. The Kier molecular flexibility index (Phi) is 2.38. The molecule has 1 rings (SSSR count). The number of nitrogens with one attached hydrogen (secondary N) is 1. The third kappa shape index (κ3) is 1.86. The molecular formula is C8H10N2O2S. The number of nitrogens with two attached hydrogens (primary N) is 1. The van der Waals surface area contributed by atoms with E-state index in [-0.39, 0.29) is 4.90 Å². The van der Waals surface area contributed by atoms with Crippen LogP contribution in [0.3, 0.4) is 0 Å². The molecule has 1 aromatic carbocycles. The van der Waals surface area contributed by atoms with Crippen LogP contribution in [-0.2, 0) is 9.84 Å². The van der Waals surface area contributed by atoms with Crippen LogP contribution in [0.15, 0.2) is 29.2 Å². The second-order valence-electron chi connectivity index (χ2n) is 2.68. The van der Waals surface area contributed by atoms with Gasteiger partial charge in [-0.15, -0.1) is 0 Å². The minimum Gasteiger partial charge on any atom is -0.374 e. The molecule has 5 heteroatoms. The molecule has 13 heavy (non-hydrogen) atoms. The fraction of sp³-hybridized carbons (Fsp3) is 0.125. The van der Waals surface area contributed by atoms with E-state index >= 15 is 0 Å². The summed E-state index contributed by atoms with van der Waals surface area (Å²) in [6, 6.07) is 6.20. The van der Waals surface area contributed by atoms with Crippen molar-refractivity contribution >= 4 is 15.0 Å². The summed E-state index contributed by atoms with van der Waals surface area (Å²) in [5.74, 6) is 0. The smallest absolute Gasteiger partial charge is 0.238 e. The Hall–Kier alpha value is -1.36. The molecule has 0 aromatic heterocycles. The third-order valence-corrected chi connectivity index (χ3v) is 3.09. The Labute approximate surface area is 76.8 Å². The van der Waals surface area contributed by atoms with Crippen LogP contribution in [0, 0.1) is 12.3 Å². The van der Waals surface area contributed by atoms with Gasteiger partial charge >= 0.3 is 0 Å². The maximum Gasteiger partial charge on any atom is 0.238 e. The van der Waals surface area contributed by atoms with E-state index in [1.807, 2.05) is 6.92 Å². The lowest BCUT2D eigenvalue weighted by Crippen LogP contribution is -2.22. The van der Waals surface area contributed by atoms with E-state index in [1.165, 1.54) is 12.1 Å². The van der Waals surface area contributed by atoms with Gasteiger partial charge in [0.25, 0.3) is 0 Å².